The first-order valence-electron chi connectivity index (χ1n) is 7.16. The van der Waals surface area contributed by atoms with Gasteiger partial charge in [0.1, 0.15) is 5.82 Å². The quantitative estimate of drug-likeness (QED) is 0.905. The zero-order valence-electron chi connectivity index (χ0n) is 12.6. The standard InChI is InChI=1S/C17H18ClFN2O/c1-3-15(17-11(2)5-4-8-20-17)21-16(22)9-12-6-7-13(19)10-14(12)18/h4-8,10,15H,3,9H2,1-2H3,(H,21,22)/t15-/m0/s1. The Bertz CT molecular complexity index is 675. The summed E-state index contributed by atoms with van der Waals surface area (Å²) in [5.74, 6) is -0.574. The van der Waals surface area contributed by atoms with Gasteiger partial charge in [0.15, 0.2) is 0 Å². The molecule has 2 rings (SSSR count). The van der Waals surface area contributed by atoms with Crippen LogP contribution in [0, 0.1) is 12.7 Å². The number of nitrogens with one attached hydrogen (secondary N) is 1. The number of nitrogens with zero attached hydrogens (tertiary/aromatic N) is 1. The van der Waals surface area contributed by atoms with Crippen LogP contribution in [0.4, 0.5) is 4.39 Å². The first-order valence-corrected chi connectivity index (χ1v) is 7.54. The maximum atomic E-state index is 13.0. The number of carbonyl (C=O) groups is 1. The van der Waals surface area contributed by atoms with Crippen molar-refractivity contribution in [1.29, 1.82) is 0 Å². The molecule has 1 aromatic carbocycles. The largest absolute Gasteiger partial charge is 0.347 e. The number of hydrogen-bond acceptors (Lipinski definition) is 2. The molecule has 0 bridgehead atoms. The SMILES string of the molecule is CC[C@H](NC(=O)Cc1ccc(F)cc1Cl)c1ncccc1C. The average Bonchev–Trinajstić information content (AvgIpc) is 2.48. The summed E-state index contributed by atoms with van der Waals surface area (Å²) in [6, 6.07) is 7.73. The molecule has 0 aliphatic carbocycles. The monoisotopic (exact) mass is 320 g/mol. The molecule has 0 spiro atoms. The van der Waals surface area contributed by atoms with E-state index in [-0.39, 0.29) is 23.4 Å². The minimum Gasteiger partial charge on any atom is -0.347 e. The molecule has 0 aliphatic heterocycles. The van der Waals surface area contributed by atoms with Gasteiger partial charge in [-0.1, -0.05) is 30.7 Å². The zero-order chi connectivity index (χ0) is 16.1. The fourth-order valence-corrected chi connectivity index (χ4v) is 2.54. The normalized spacial score (nSPS) is 12.0. The van der Waals surface area contributed by atoms with Crippen molar-refractivity contribution in [3.8, 4) is 0 Å². The van der Waals surface area contributed by atoms with Crippen molar-refractivity contribution >= 4 is 17.5 Å². The van der Waals surface area contributed by atoms with E-state index >= 15 is 0 Å². The zero-order valence-corrected chi connectivity index (χ0v) is 13.3. The minimum absolute atomic E-state index is 0.113. The lowest BCUT2D eigenvalue weighted by molar-refractivity contribution is -0.121. The molecule has 0 radical (unpaired) electrons. The Morgan fingerprint density at radius 2 is 2.18 bits per heavy atom. The van der Waals surface area contributed by atoms with Crippen LogP contribution in [0.3, 0.4) is 0 Å². The third-order valence-corrected chi connectivity index (χ3v) is 3.84. The van der Waals surface area contributed by atoms with Gasteiger partial charge in [-0.25, -0.2) is 4.39 Å². The number of hydrogen-bond donors (Lipinski definition) is 1. The molecular formula is C17H18ClFN2O. The summed E-state index contributed by atoms with van der Waals surface area (Å²) in [5, 5.41) is 3.22. The highest BCUT2D eigenvalue weighted by Gasteiger charge is 2.16. The maximum Gasteiger partial charge on any atom is 0.225 e. The van der Waals surface area contributed by atoms with E-state index in [4.69, 9.17) is 11.6 Å². The van der Waals surface area contributed by atoms with Gasteiger partial charge in [-0.2, -0.15) is 0 Å². The van der Waals surface area contributed by atoms with Gasteiger partial charge in [-0.3, -0.25) is 9.78 Å². The van der Waals surface area contributed by atoms with Gasteiger partial charge in [-0.05, 0) is 42.7 Å². The van der Waals surface area contributed by atoms with Crippen molar-refractivity contribution in [2.24, 2.45) is 0 Å². The highest BCUT2D eigenvalue weighted by atomic mass is 35.5. The van der Waals surface area contributed by atoms with Crippen LogP contribution in [0.15, 0.2) is 36.5 Å². The van der Waals surface area contributed by atoms with Gasteiger partial charge in [0.05, 0.1) is 18.2 Å². The maximum absolute atomic E-state index is 13.0. The fraction of sp³-hybridized carbons (Fsp3) is 0.294. The molecule has 1 atom stereocenters. The van der Waals surface area contributed by atoms with Crippen LogP contribution in [0.2, 0.25) is 5.02 Å². The molecule has 116 valence electrons. The fourth-order valence-electron chi connectivity index (χ4n) is 2.31. The average molecular weight is 321 g/mol. The number of halogens is 2. The summed E-state index contributed by atoms with van der Waals surface area (Å²) >= 11 is 5.95. The van der Waals surface area contributed by atoms with Crippen LogP contribution < -0.4 is 5.32 Å². The molecule has 1 aromatic heterocycles. The van der Waals surface area contributed by atoms with E-state index in [9.17, 15) is 9.18 Å². The van der Waals surface area contributed by atoms with E-state index in [1.165, 1.54) is 18.2 Å². The number of rotatable bonds is 5. The third kappa shape index (κ3) is 4.04. The van der Waals surface area contributed by atoms with E-state index < -0.39 is 5.82 Å². The minimum atomic E-state index is -0.412. The lowest BCUT2D eigenvalue weighted by Crippen LogP contribution is -2.30. The van der Waals surface area contributed by atoms with Gasteiger partial charge in [0.25, 0.3) is 0 Å². The van der Waals surface area contributed by atoms with Crippen molar-refractivity contribution in [3.05, 3.63) is 64.2 Å². The second-order valence-corrected chi connectivity index (χ2v) is 5.55. The van der Waals surface area contributed by atoms with E-state index in [1.54, 1.807) is 6.20 Å². The number of carbonyl (C=O) groups excluding carboxylic acids is 1. The molecule has 0 fully saturated rings. The lowest BCUT2D eigenvalue weighted by atomic mass is 10.0. The molecule has 1 heterocycles. The highest BCUT2D eigenvalue weighted by molar-refractivity contribution is 6.31. The Balaban J connectivity index is 2.08. The Labute approximate surface area is 134 Å². The summed E-state index contributed by atoms with van der Waals surface area (Å²) in [6.07, 6.45) is 2.57. The van der Waals surface area contributed by atoms with Crippen LogP contribution >= 0.6 is 11.6 Å². The molecule has 3 nitrogen and oxygen atoms in total. The van der Waals surface area contributed by atoms with Gasteiger partial charge in [0.2, 0.25) is 5.91 Å². The number of benzene rings is 1. The van der Waals surface area contributed by atoms with Crippen LogP contribution in [0.5, 0.6) is 0 Å². The van der Waals surface area contributed by atoms with Crippen molar-refractivity contribution < 1.29 is 9.18 Å². The van der Waals surface area contributed by atoms with Gasteiger partial charge in [-0.15, -0.1) is 0 Å². The molecule has 0 aliphatic rings. The number of aryl methyl sites for hydroxylation is 1. The molecule has 1 N–H and O–H groups in total. The molecule has 2 aromatic rings. The van der Waals surface area contributed by atoms with Gasteiger partial charge < -0.3 is 5.32 Å². The topological polar surface area (TPSA) is 42.0 Å². The predicted molar refractivity (Wildman–Crippen MR) is 85.3 cm³/mol. The molecule has 0 saturated carbocycles. The van der Waals surface area contributed by atoms with E-state index in [0.29, 0.717) is 5.56 Å². The first kappa shape index (κ1) is 16.4. The van der Waals surface area contributed by atoms with Gasteiger partial charge in [0, 0.05) is 11.2 Å². The van der Waals surface area contributed by atoms with Crippen LogP contribution in [0.25, 0.3) is 0 Å². The van der Waals surface area contributed by atoms with Crippen molar-refractivity contribution in [2.75, 3.05) is 0 Å². The molecule has 22 heavy (non-hydrogen) atoms. The van der Waals surface area contributed by atoms with Crippen LogP contribution in [-0.4, -0.2) is 10.9 Å². The summed E-state index contributed by atoms with van der Waals surface area (Å²) in [6.45, 7) is 3.96. The van der Waals surface area contributed by atoms with E-state index in [2.05, 4.69) is 10.3 Å². The van der Waals surface area contributed by atoms with Gasteiger partial charge >= 0.3 is 0 Å². The molecule has 5 heteroatoms. The van der Waals surface area contributed by atoms with Crippen molar-refractivity contribution in [1.82, 2.24) is 10.3 Å². The first-order chi connectivity index (χ1) is 10.5. The summed E-state index contributed by atoms with van der Waals surface area (Å²) in [4.78, 5) is 16.6. The Kier molecular flexibility index (Phi) is 5.50. The smallest absolute Gasteiger partial charge is 0.225 e. The lowest BCUT2D eigenvalue weighted by Gasteiger charge is -2.18. The predicted octanol–water partition coefficient (Wildman–Crippen LogP) is 3.99. The number of aromatic nitrogens is 1. The molecular weight excluding hydrogens is 303 g/mol. The van der Waals surface area contributed by atoms with E-state index in [0.717, 1.165) is 17.7 Å². The van der Waals surface area contributed by atoms with Crippen molar-refractivity contribution in [2.45, 2.75) is 32.7 Å². The highest BCUT2D eigenvalue weighted by Crippen LogP contribution is 2.20. The Morgan fingerprint density at radius 3 is 2.82 bits per heavy atom. The summed E-state index contributed by atoms with van der Waals surface area (Å²) < 4.78 is 13.0. The summed E-state index contributed by atoms with van der Waals surface area (Å²) in [5.41, 5.74) is 2.51. The Hall–Kier alpha value is -1.94. The van der Waals surface area contributed by atoms with Crippen LogP contribution in [0.1, 0.15) is 36.2 Å². The van der Waals surface area contributed by atoms with Crippen molar-refractivity contribution in [3.63, 3.8) is 0 Å². The second kappa shape index (κ2) is 7.36. The second-order valence-electron chi connectivity index (χ2n) is 5.15. The third-order valence-electron chi connectivity index (χ3n) is 3.49. The van der Waals surface area contributed by atoms with Crippen LogP contribution in [-0.2, 0) is 11.2 Å². The number of pyridine rings is 1. The summed E-state index contributed by atoms with van der Waals surface area (Å²) in [7, 11) is 0. The number of amides is 1. The van der Waals surface area contributed by atoms with E-state index in [1.807, 2.05) is 26.0 Å². The molecule has 0 unspecified atom stereocenters. The molecule has 0 saturated heterocycles. The molecule has 1 amide bonds. The Morgan fingerprint density at radius 1 is 1.41 bits per heavy atom.